The summed E-state index contributed by atoms with van der Waals surface area (Å²) in [6.07, 6.45) is 11.7. The van der Waals surface area contributed by atoms with Gasteiger partial charge in [0, 0.05) is 5.54 Å². The van der Waals surface area contributed by atoms with Gasteiger partial charge < -0.3 is 4.74 Å². The minimum Gasteiger partial charge on any atom is -0.489 e. The maximum absolute atomic E-state index is 13.1. The molecule has 2 nitrogen and oxygen atoms in total. The van der Waals surface area contributed by atoms with Crippen molar-refractivity contribution in [3.05, 3.63) is 65.0 Å². The number of likely N-dealkylation sites (tertiary alicyclic amines) is 1. The first-order valence-corrected chi connectivity index (χ1v) is 11.4. The molecule has 4 rings (SSSR count). The lowest BCUT2D eigenvalue weighted by Crippen LogP contribution is -2.55. The van der Waals surface area contributed by atoms with Crippen LogP contribution in [-0.2, 0) is 19.4 Å². The van der Waals surface area contributed by atoms with E-state index < -0.39 is 0 Å². The number of nitrogens with zero attached hydrogens (tertiary/aromatic N) is 1. The highest BCUT2D eigenvalue weighted by molar-refractivity contribution is 5.39. The van der Waals surface area contributed by atoms with Crippen LogP contribution in [0.25, 0.3) is 0 Å². The maximum Gasteiger partial charge on any atom is 0.123 e. The molecule has 0 bridgehead atoms. The quantitative estimate of drug-likeness (QED) is 0.510. The van der Waals surface area contributed by atoms with Crippen LogP contribution in [0.4, 0.5) is 4.39 Å². The average molecular weight is 396 g/mol. The molecule has 1 saturated heterocycles. The third-order valence-corrected chi connectivity index (χ3v) is 6.90. The van der Waals surface area contributed by atoms with Gasteiger partial charge in [-0.25, -0.2) is 4.39 Å². The number of halogens is 1. The number of unbranched alkanes of at least 4 members (excludes halogenated alkanes) is 2. The first kappa shape index (κ1) is 20.4. The summed E-state index contributed by atoms with van der Waals surface area (Å²) >= 11 is 0. The molecule has 0 radical (unpaired) electrons. The number of piperidine rings is 1. The van der Waals surface area contributed by atoms with Crippen LogP contribution in [0.15, 0.2) is 42.5 Å². The molecule has 0 saturated carbocycles. The van der Waals surface area contributed by atoms with Crippen molar-refractivity contribution in [2.75, 3.05) is 13.1 Å². The van der Waals surface area contributed by atoms with Crippen LogP contribution in [-0.4, -0.2) is 23.5 Å². The van der Waals surface area contributed by atoms with E-state index in [9.17, 15) is 4.39 Å². The highest BCUT2D eigenvalue weighted by Crippen LogP contribution is 2.41. The Morgan fingerprint density at radius 3 is 2.69 bits per heavy atom. The molecule has 1 spiro atoms. The van der Waals surface area contributed by atoms with Gasteiger partial charge in [-0.1, -0.05) is 44.4 Å². The van der Waals surface area contributed by atoms with Crippen LogP contribution in [0.3, 0.4) is 0 Å². The molecule has 29 heavy (non-hydrogen) atoms. The second kappa shape index (κ2) is 9.30. The summed E-state index contributed by atoms with van der Waals surface area (Å²) in [6, 6.07) is 13.2. The molecule has 1 heterocycles. The number of hydrogen-bond acceptors (Lipinski definition) is 2. The maximum atomic E-state index is 13.1. The largest absolute Gasteiger partial charge is 0.489 e. The number of fused-ring (bicyclic) bond motifs is 1. The van der Waals surface area contributed by atoms with Crippen LogP contribution in [0.5, 0.6) is 5.75 Å². The zero-order valence-electron chi connectivity index (χ0n) is 17.8. The smallest absolute Gasteiger partial charge is 0.123 e. The molecule has 2 aliphatic rings. The zero-order valence-corrected chi connectivity index (χ0v) is 17.8. The number of benzene rings is 2. The number of rotatable bonds is 7. The highest BCUT2D eigenvalue weighted by atomic mass is 19.1. The molecule has 1 aliphatic heterocycles. The molecule has 1 fully saturated rings. The van der Waals surface area contributed by atoms with Crippen molar-refractivity contribution in [2.24, 2.45) is 0 Å². The molecule has 2 aromatic carbocycles. The summed E-state index contributed by atoms with van der Waals surface area (Å²) in [6.45, 7) is 5.31. The van der Waals surface area contributed by atoms with E-state index in [0.717, 1.165) is 17.7 Å². The molecule has 156 valence electrons. The van der Waals surface area contributed by atoms with E-state index in [1.165, 1.54) is 87.7 Å². The molecule has 0 N–H and O–H groups in total. The Balaban J connectivity index is 1.42. The summed E-state index contributed by atoms with van der Waals surface area (Å²) < 4.78 is 19.0. The highest BCUT2D eigenvalue weighted by Gasteiger charge is 2.40. The Kier molecular flexibility index (Phi) is 6.54. The third-order valence-electron chi connectivity index (χ3n) is 6.90. The normalized spacial score (nSPS) is 21.9. The summed E-state index contributed by atoms with van der Waals surface area (Å²) in [4.78, 5) is 2.83. The van der Waals surface area contributed by atoms with E-state index in [2.05, 4.69) is 30.0 Å². The molecule has 3 heteroatoms. The van der Waals surface area contributed by atoms with Crippen LogP contribution in [0, 0.1) is 5.82 Å². The molecular formula is C26H34FNO. The Morgan fingerprint density at radius 2 is 1.86 bits per heavy atom. The van der Waals surface area contributed by atoms with Gasteiger partial charge in [-0.15, -0.1) is 0 Å². The fourth-order valence-electron chi connectivity index (χ4n) is 5.19. The fourth-order valence-corrected chi connectivity index (χ4v) is 5.19. The van der Waals surface area contributed by atoms with Crippen LogP contribution in [0.2, 0.25) is 0 Å². The van der Waals surface area contributed by atoms with Crippen molar-refractivity contribution in [2.45, 2.75) is 76.9 Å². The van der Waals surface area contributed by atoms with E-state index >= 15 is 0 Å². The van der Waals surface area contributed by atoms with Gasteiger partial charge in [-0.05, 0) is 92.6 Å². The van der Waals surface area contributed by atoms with Crippen molar-refractivity contribution in [3.8, 4) is 5.75 Å². The minimum absolute atomic E-state index is 0.206. The second-order valence-electron chi connectivity index (χ2n) is 8.90. The Labute approximate surface area is 175 Å². The Morgan fingerprint density at radius 1 is 1.00 bits per heavy atom. The molecule has 1 unspecified atom stereocenters. The standard InChI is InChI=1S/C26H34FNO/c1-2-3-5-16-28-17-6-4-14-26(28)15-13-22-18-25(12-9-23(22)19-26)29-20-21-7-10-24(27)11-8-21/h7-12,18H,2-6,13-17,19-20H2,1H3. The van der Waals surface area contributed by atoms with Crippen LogP contribution < -0.4 is 4.74 Å². The SMILES string of the molecule is CCCCCN1CCCCC12CCc1cc(OCc3ccc(F)cc3)ccc1C2. The monoisotopic (exact) mass is 395 g/mol. The van der Waals surface area contributed by atoms with E-state index in [1.807, 2.05) is 0 Å². The van der Waals surface area contributed by atoms with Crippen molar-refractivity contribution >= 4 is 0 Å². The number of ether oxygens (including phenoxy) is 1. The van der Waals surface area contributed by atoms with E-state index in [1.54, 1.807) is 12.1 Å². The topological polar surface area (TPSA) is 12.5 Å². The molecule has 2 aromatic rings. The van der Waals surface area contributed by atoms with E-state index in [4.69, 9.17) is 4.74 Å². The lowest BCUT2D eigenvalue weighted by molar-refractivity contribution is 0.0325. The summed E-state index contributed by atoms with van der Waals surface area (Å²) in [5.41, 5.74) is 4.34. The van der Waals surface area contributed by atoms with Gasteiger partial charge in [0.1, 0.15) is 18.2 Å². The van der Waals surface area contributed by atoms with Crippen molar-refractivity contribution in [1.29, 1.82) is 0 Å². The minimum atomic E-state index is -0.206. The molecule has 0 aromatic heterocycles. The number of hydrogen-bond donors (Lipinski definition) is 0. The Bertz CT molecular complexity index is 803. The van der Waals surface area contributed by atoms with Crippen molar-refractivity contribution in [3.63, 3.8) is 0 Å². The number of aryl methyl sites for hydroxylation is 1. The van der Waals surface area contributed by atoms with Gasteiger partial charge >= 0.3 is 0 Å². The predicted octanol–water partition coefficient (Wildman–Crippen LogP) is 6.31. The second-order valence-corrected chi connectivity index (χ2v) is 8.90. The molecule has 1 atom stereocenters. The lowest BCUT2D eigenvalue weighted by atomic mass is 9.72. The van der Waals surface area contributed by atoms with Gasteiger partial charge in [0.15, 0.2) is 0 Å². The Hall–Kier alpha value is -1.87. The lowest BCUT2D eigenvalue weighted by Gasteiger charge is -2.50. The predicted molar refractivity (Wildman–Crippen MR) is 117 cm³/mol. The molecule has 1 aliphatic carbocycles. The van der Waals surface area contributed by atoms with Crippen molar-refractivity contribution < 1.29 is 9.13 Å². The first-order valence-electron chi connectivity index (χ1n) is 11.4. The third kappa shape index (κ3) is 4.83. The van der Waals surface area contributed by atoms with E-state index in [-0.39, 0.29) is 5.82 Å². The van der Waals surface area contributed by atoms with Gasteiger partial charge in [-0.2, -0.15) is 0 Å². The molecule has 0 amide bonds. The van der Waals surface area contributed by atoms with Crippen LogP contribution in [0.1, 0.15) is 68.6 Å². The average Bonchev–Trinajstić information content (AvgIpc) is 2.75. The van der Waals surface area contributed by atoms with Crippen molar-refractivity contribution in [1.82, 2.24) is 4.90 Å². The van der Waals surface area contributed by atoms with Gasteiger partial charge in [-0.3, -0.25) is 4.90 Å². The summed E-state index contributed by atoms with van der Waals surface area (Å²) in [7, 11) is 0. The van der Waals surface area contributed by atoms with E-state index in [0.29, 0.717) is 12.1 Å². The fraction of sp³-hybridized carbons (Fsp3) is 0.538. The molecular weight excluding hydrogens is 361 g/mol. The van der Waals surface area contributed by atoms with Gasteiger partial charge in [0.05, 0.1) is 0 Å². The van der Waals surface area contributed by atoms with Crippen LogP contribution >= 0.6 is 0 Å². The van der Waals surface area contributed by atoms with Gasteiger partial charge in [0.25, 0.3) is 0 Å². The first-order chi connectivity index (χ1) is 14.2. The zero-order chi connectivity index (χ0) is 20.1. The summed E-state index contributed by atoms with van der Waals surface area (Å²) in [5, 5.41) is 0. The summed E-state index contributed by atoms with van der Waals surface area (Å²) in [5.74, 6) is 0.718. The van der Waals surface area contributed by atoms with Gasteiger partial charge in [0.2, 0.25) is 0 Å².